The number of carbonyl (C=O) groups excluding carboxylic acids is 1. The van der Waals surface area contributed by atoms with Crippen LogP contribution in [-0.2, 0) is 16.8 Å². The summed E-state index contributed by atoms with van der Waals surface area (Å²) in [5, 5.41) is 0.343. The lowest BCUT2D eigenvalue weighted by Crippen LogP contribution is -2.49. The third-order valence-electron chi connectivity index (χ3n) is 5.45. The summed E-state index contributed by atoms with van der Waals surface area (Å²) in [7, 11) is 3.80. The normalized spacial score (nSPS) is 18.1. The van der Waals surface area contributed by atoms with Gasteiger partial charge in [-0.15, -0.1) is 0 Å². The summed E-state index contributed by atoms with van der Waals surface area (Å²) >= 11 is 5.94. The maximum Gasteiger partial charge on any atom is 0.256 e. The topological polar surface area (TPSA) is 58.6 Å². The van der Waals surface area contributed by atoms with Crippen LogP contribution in [-0.4, -0.2) is 54.6 Å². The highest BCUT2D eigenvalue weighted by molar-refractivity contribution is 6.31. The Morgan fingerprint density at radius 2 is 2.07 bits per heavy atom. The number of aromatic nitrogens is 2. The molecule has 2 aliphatic heterocycles. The van der Waals surface area contributed by atoms with Crippen LogP contribution in [0.4, 0.5) is 10.3 Å². The number of likely N-dealkylation sites (tertiary alicyclic amines) is 1. The predicted molar refractivity (Wildman–Crippen MR) is 104 cm³/mol. The Morgan fingerprint density at radius 1 is 1.32 bits per heavy atom. The molecule has 0 aliphatic carbocycles. The molecular formula is C20H22ClFN4O2. The molecule has 1 spiro atoms. The molecule has 0 bridgehead atoms. The Kier molecular flexibility index (Phi) is 4.97. The van der Waals surface area contributed by atoms with E-state index in [4.69, 9.17) is 21.3 Å². The maximum absolute atomic E-state index is 14.1. The second-order valence-electron chi connectivity index (χ2n) is 7.45. The number of hydrogen-bond acceptors (Lipinski definition) is 5. The zero-order chi connectivity index (χ0) is 19.9. The third kappa shape index (κ3) is 3.33. The molecule has 6 nitrogen and oxygen atoms in total. The summed E-state index contributed by atoms with van der Waals surface area (Å²) < 4.78 is 20.3. The largest absolute Gasteiger partial charge is 0.368 e. The quantitative estimate of drug-likeness (QED) is 0.770. The van der Waals surface area contributed by atoms with E-state index in [9.17, 15) is 9.18 Å². The van der Waals surface area contributed by atoms with E-state index in [1.54, 1.807) is 4.90 Å². The fourth-order valence-electron chi connectivity index (χ4n) is 3.90. The van der Waals surface area contributed by atoms with Crippen LogP contribution in [0.2, 0.25) is 5.02 Å². The van der Waals surface area contributed by atoms with Crippen molar-refractivity contribution in [2.24, 2.45) is 0 Å². The molecule has 0 N–H and O–H groups in total. The number of halogens is 2. The first-order valence-corrected chi connectivity index (χ1v) is 9.69. The molecule has 28 heavy (non-hydrogen) atoms. The lowest BCUT2D eigenvalue weighted by molar-refractivity contribution is -0.0967. The number of rotatable bonds is 2. The number of hydrogen-bond donors (Lipinski definition) is 0. The Morgan fingerprint density at radius 3 is 2.79 bits per heavy atom. The average molecular weight is 405 g/mol. The van der Waals surface area contributed by atoms with Crippen molar-refractivity contribution < 1.29 is 13.9 Å². The smallest absolute Gasteiger partial charge is 0.256 e. The average Bonchev–Trinajstić information content (AvgIpc) is 2.70. The molecule has 1 aromatic heterocycles. The van der Waals surface area contributed by atoms with Gasteiger partial charge in [-0.25, -0.2) is 14.4 Å². The number of anilines is 1. The minimum atomic E-state index is -0.558. The maximum atomic E-state index is 14.1. The van der Waals surface area contributed by atoms with Gasteiger partial charge in [-0.05, 0) is 43.0 Å². The molecule has 148 valence electrons. The van der Waals surface area contributed by atoms with Gasteiger partial charge in [0.15, 0.2) is 0 Å². The zero-order valence-corrected chi connectivity index (χ0v) is 16.7. The molecule has 1 aromatic carbocycles. The summed E-state index contributed by atoms with van der Waals surface area (Å²) in [5.41, 5.74) is 1.49. The van der Waals surface area contributed by atoms with Crippen LogP contribution in [0.1, 0.15) is 34.5 Å². The molecule has 1 fully saturated rings. The molecule has 2 aliphatic rings. The number of amides is 1. The molecule has 0 saturated carbocycles. The van der Waals surface area contributed by atoms with Crippen molar-refractivity contribution in [1.29, 1.82) is 0 Å². The number of fused-ring (bicyclic) bond motifs is 2. The van der Waals surface area contributed by atoms with E-state index in [1.165, 1.54) is 18.2 Å². The van der Waals surface area contributed by atoms with Crippen LogP contribution in [0.5, 0.6) is 0 Å². The molecular weight excluding hydrogens is 383 g/mol. The third-order valence-corrected chi connectivity index (χ3v) is 5.69. The van der Waals surface area contributed by atoms with E-state index in [-0.39, 0.29) is 11.5 Å². The molecule has 2 aromatic rings. The first-order chi connectivity index (χ1) is 13.4. The number of ether oxygens (including phenoxy) is 1. The van der Waals surface area contributed by atoms with Crippen LogP contribution < -0.4 is 4.90 Å². The minimum absolute atomic E-state index is 0.00521. The second kappa shape index (κ2) is 7.29. The Bertz CT molecular complexity index is 913. The van der Waals surface area contributed by atoms with Gasteiger partial charge in [0.05, 0.1) is 17.9 Å². The van der Waals surface area contributed by atoms with Crippen molar-refractivity contribution in [2.45, 2.75) is 24.9 Å². The summed E-state index contributed by atoms with van der Waals surface area (Å²) in [6.45, 7) is 1.53. The number of piperidine rings is 1. The summed E-state index contributed by atoms with van der Waals surface area (Å²) in [5.74, 6) is -0.261. The van der Waals surface area contributed by atoms with E-state index in [0.29, 0.717) is 43.5 Å². The van der Waals surface area contributed by atoms with Gasteiger partial charge in [-0.2, -0.15) is 0 Å². The van der Waals surface area contributed by atoms with Crippen molar-refractivity contribution in [1.82, 2.24) is 14.9 Å². The lowest BCUT2D eigenvalue weighted by Gasteiger charge is -2.44. The summed E-state index contributed by atoms with van der Waals surface area (Å²) in [6.07, 6.45) is 3.87. The zero-order valence-electron chi connectivity index (χ0n) is 15.9. The van der Waals surface area contributed by atoms with Crippen molar-refractivity contribution in [3.05, 3.63) is 52.1 Å². The van der Waals surface area contributed by atoms with Gasteiger partial charge in [0.25, 0.3) is 5.91 Å². The summed E-state index contributed by atoms with van der Waals surface area (Å²) in [6, 6.07) is 4.04. The fourth-order valence-corrected chi connectivity index (χ4v) is 4.07. The first-order valence-electron chi connectivity index (χ1n) is 9.32. The fraction of sp³-hybridized carbons (Fsp3) is 0.450. The van der Waals surface area contributed by atoms with Crippen molar-refractivity contribution >= 4 is 23.5 Å². The lowest BCUT2D eigenvalue weighted by atomic mass is 9.83. The summed E-state index contributed by atoms with van der Waals surface area (Å²) in [4.78, 5) is 25.5. The SMILES string of the molecule is CN(C)c1ncc2c(n1)C1(CCN(C(=O)c3cc(Cl)ccc3F)CC1)OCC2. The van der Waals surface area contributed by atoms with E-state index in [0.717, 1.165) is 17.7 Å². The molecule has 1 saturated heterocycles. The number of benzene rings is 1. The number of nitrogens with zero attached hydrogens (tertiary/aromatic N) is 4. The van der Waals surface area contributed by atoms with Gasteiger partial charge >= 0.3 is 0 Å². The molecule has 3 heterocycles. The monoisotopic (exact) mass is 404 g/mol. The van der Waals surface area contributed by atoms with E-state index in [1.807, 2.05) is 25.2 Å². The van der Waals surface area contributed by atoms with Gasteiger partial charge in [-0.3, -0.25) is 4.79 Å². The molecule has 4 rings (SSSR count). The van der Waals surface area contributed by atoms with E-state index in [2.05, 4.69) is 4.98 Å². The molecule has 8 heteroatoms. The van der Waals surface area contributed by atoms with Crippen molar-refractivity contribution in [3.8, 4) is 0 Å². The van der Waals surface area contributed by atoms with Gasteiger partial charge < -0.3 is 14.5 Å². The van der Waals surface area contributed by atoms with Gasteiger partial charge in [0, 0.05) is 38.4 Å². The van der Waals surface area contributed by atoms with Crippen LogP contribution >= 0.6 is 11.6 Å². The Hall–Kier alpha value is -2.25. The second-order valence-corrected chi connectivity index (χ2v) is 7.88. The minimum Gasteiger partial charge on any atom is -0.368 e. The highest BCUT2D eigenvalue weighted by atomic mass is 35.5. The molecule has 1 amide bonds. The van der Waals surface area contributed by atoms with Crippen LogP contribution in [0, 0.1) is 5.82 Å². The molecule has 0 radical (unpaired) electrons. The molecule has 0 unspecified atom stereocenters. The highest BCUT2D eigenvalue weighted by Crippen LogP contribution is 2.41. The Balaban J connectivity index is 1.57. The van der Waals surface area contributed by atoms with Gasteiger partial charge in [0.1, 0.15) is 11.4 Å². The van der Waals surface area contributed by atoms with E-state index < -0.39 is 11.4 Å². The van der Waals surface area contributed by atoms with Crippen LogP contribution in [0.3, 0.4) is 0 Å². The molecule has 0 atom stereocenters. The van der Waals surface area contributed by atoms with Crippen molar-refractivity contribution in [2.75, 3.05) is 38.7 Å². The first kappa shape index (κ1) is 19.1. The van der Waals surface area contributed by atoms with Crippen LogP contribution in [0.15, 0.2) is 24.4 Å². The van der Waals surface area contributed by atoms with Crippen molar-refractivity contribution in [3.63, 3.8) is 0 Å². The standard InChI is InChI=1S/C20H22ClFN4O2/c1-25(2)19-23-12-13-5-10-28-20(17(13)24-19)6-8-26(9-7-20)18(27)15-11-14(21)3-4-16(15)22/h3-4,11-12H,5-10H2,1-2H3. The van der Waals surface area contributed by atoms with Gasteiger partial charge in [-0.1, -0.05) is 11.6 Å². The van der Waals surface area contributed by atoms with E-state index >= 15 is 0 Å². The van der Waals surface area contributed by atoms with Crippen LogP contribution in [0.25, 0.3) is 0 Å². The highest BCUT2D eigenvalue weighted by Gasteiger charge is 2.43. The van der Waals surface area contributed by atoms with Gasteiger partial charge in [0.2, 0.25) is 5.95 Å². The Labute approximate surface area is 168 Å². The predicted octanol–water partition coefficient (Wildman–Crippen LogP) is 3.04. The number of carbonyl (C=O) groups is 1.